The average molecular weight is 261 g/mol. The molecular weight excluding hydrogens is 242 g/mol. The maximum atomic E-state index is 11.6. The Bertz CT molecular complexity index is 494. The number of rotatable bonds is 7. The standard InChI is InChI=1S/C13H19N5O/c1-9-5-3-6-11(10(9)2)12(13(14)19)16-7-4-8-17-18-15/h3,5-6,12,16H,4,7-8H2,1-2H3,(H2,14,19). The number of carbonyl (C=O) groups is 1. The number of nitrogens with zero attached hydrogens (tertiary/aromatic N) is 3. The molecule has 1 aromatic carbocycles. The van der Waals surface area contributed by atoms with Crippen LogP contribution in [-0.2, 0) is 4.79 Å². The molecule has 0 aliphatic rings. The number of hydrogen-bond donors (Lipinski definition) is 2. The van der Waals surface area contributed by atoms with Crippen molar-refractivity contribution in [3.8, 4) is 0 Å². The summed E-state index contributed by atoms with van der Waals surface area (Å²) >= 11 is 0. The van der Waals surface area contributed by atoms with Crippen LogP contribution in [0.25, 0.3) is 10.4 Å². The van der Waals surface area contributed by atoms with Crippen LogP contribution in [0.4, 0.5) is 0 Å². The molecule has 0 radical (unpaired) electrons. The summed E-state index contributed by atoms with van der Waals surface area (Å²) in [7, 11) is 0. The highest BCUT2D eigenvalue weighted by Crippen LogP contribution is 2.20. The lowest BCUT2D eigenvalue weighted by Crippen LogP contribution is -2.35. The maximum absolute atomic E-state index is 11.6. The Morgan fingerprint density at radius 2 is 2.26 bits per heavy atom. The van der Waals surface area contributed by atoms with Crippen LogP contribution in [0.15, 0.2) is 23.3 Å². The van der Waals surface area contributed by atoms with Crippen molar-refractivity contribution in [1.29, 1.82) is 0 Å². The van der Waals surface area contributed by atoms with Crippen molar-refractivity contribution >= 4 is 5.91 Å². The number of benzene rings is 1. The minimum Gasteiger partial charge on any atom is -0.368 e. The Morgan fingerprint density at radius 1 is 1.53 bits per heavy atom. The zero-order chi connectivity index (χ0) is 14.3. The molecule has 1 rings (SSSR count). The van der Waals surface area contributed by atoms with Gasteiger partial charge in [0.1, 0.15) is 6.04 Å². The third-order valence-electron chi connectivity index (χ3n) is 3.09. The van der Waals surface area contributed by atoms with Crippen LogP contribution in [0.5, 0.6) is 0 Å². The first-order valence-electron chi connectivity index (χ1n) is 6.17. The van der Waals surface area contributed by atoms with Crippen LogP contribution in [-0.4, -0.2) is 19.0 Å². The topological polar surface area (TPSA) is 104 Å². The summed E-state index contributed by atoms with van der Waals surface area (Å²) in [6, 6.07) is 5.30. The van der Waals surface area contributed by atoms with Crippen molar-refractivity contribution in [3.05, 3.63) is 45.3 Å². The van der Waals surface area contributed by atoms with E-state index >= 15 is 0 Å². The number of primary amides is 1. The van der Waals surface area contributed by atoms with Gasteiger partial charge in [-0.1, -0.05) is 23.3 Å². The Morgan fingerprint density at radius 3 is 2.89 bits per heavy atom. The van der Waals surface area contributed by atoms with Crippen molar-refractivity contribution < 1.29 is 4.79 Å². The van der Waals surface area contributed by atoms with Crippen LogP contribution < -0.4 is 11.1 Å². The predicted molar refractivity (Wildman–Crippen MR) is 74.5 cm³/mol. The fourth-order valence-corrected chi connectivity index (χ4v) is 1.89. The lowest BCUT2D eigenvalue weighted by molar-refractivity contribution is -0.120. The molecule has 1 unspecified atom stereocenters. The van der Waals surface area contributed by atoms with Gasteiger partial charge < -0.3 is 11.1 Å². The highest BCUT2D eigenvalue weighted by molar-refractivity contribution is 5.82. The molecule has 3 N–H and O–H groups in total. The van der Waals surface area contributed by atoms with E-state index in [-0.39, 0.29) is 0 Å². The molecule has 19 heavy (non-hydrogen) atoms. The van der Waals surface area contributed by atoms with Gasteiger partial charge in [-0.05, 0) is 49.0 Å². The van der Waals surface area contributed by atoms with Gasteiger partial charge in [-0.25, -0.2) is 0 Å². The number of hydrogen-bond acceptors (Lipinski definition) is 3. The number of amides is 1. The molecule has 0 saturated heterocycles. The van der Waals surface area contributed by atoms with Crippen molar-refractivity contribution in [2.24, 2.45) is 10.8 Å². The zero-order valence-electron chi connectivity index (χ0n) is 11.3. The van der Waals surface area contributed by atoms with Crippen molar-refractivity contribution in [2.75, 3.05) is 13.1 Å². The molecule has 0 fully saturated rings. The van der Waals surface area contributed by atoms with Gasteiger partial charge >= 0.3 is 0 Å². The quantitative estimate of drug-likeness (QED) is 0.339. The van der Waals surface area contributed by atoms with Crippen LogP contribution in [0.2, 0.25) is 0 Å². The number of nitrogens with one attached hydrogen (secondary N) is 1. The normalized spacial score (nSPS) is 11.7. The predicted octanol–water partition coefficient (Wildman–Crippen LogP) is 2.12. The van der Waals surface area contributed by atoms with E-state index in [0.717, 1.165) is 16.7 Å². The molecule has 0 bridgehead atoms. The first-order valence-corrected chi connectivity index (χ1v) is 6.17. The van der Waals surface area contributed by atoms with Gasteiger partial charge in [-0.15, -0.1) is 0 Å². The van der Waals surface area contributed by atoms with Gasteiger partial charge in [0.15, 0.2) is 0 Å². The smallest absolute Gasteiger partial charge is 0.239 e. The van der Waals surface area contributed by atoms with Crippen LogP contribution in [0.3, 0.4) is 0 Å². The van der Waals surface area contributed by atoms with E-state index in [1.807, 2.05) is 32.0 Å². The summed E-state index contributed by atoms with van der Waals surface area (Å²) in [5.74, 6) is -0.405. The van der Waals surface area contributed by atoms with Gasteiger partial charge in [0.25, 0.3) is 0 Å². The summed E-state index contributed by atoms with van der Waals surface area (Å²) in [6.45, 7) is 4.95. The molecule has 1 atom stereocenters. The Balaban J connectivity index is 2.75. The second kappa shape index (κ2) is 7.41. The summed E-state index contributed by atoms with van der Waals surface area (Å²) in [5, 5.41) is 6.55. The van der Waals surface area contributed by atoms with Crippen molar-refractivity contribution in [2.45, 2.75) is 26.3 Å². The fourth-order valence-electron chi connectivity index (χ4n) is 1.89. The molecule has 1 aromatic rings. The van der Waals surface area contributed by atoms with E-state index in [2.05, 4.69) is 15.3 Å². The minimum absolute atomic E-state index is 0.405. The van der Waals surface area contributed by atoms with Crippen molar-refractivity contribution in [3.63, 3.8) is 0 Å². The summed E-state index contributed by atoms with van der Waals surface area (Å²) in [6.07, 6.45) is 0.665. The summed E-state index contributed by atoms with van der Waals surface area (Å²) in [4.78, 5) is 14.2. The molecule has 6 heteroatoms. The number of aryl methyl sites for hydroxylation is 1. The summed E-state index contributed by atoms with van der Waals surface area (Å²) in [5.41, 5.74) is 16.7. The van der Waals surface area contributed by atoms with E-state index in [0.29, 0.717) is 19.5 Å². The number of azide groups is 1. The Labute approximate surface area is 112 Å². The van der Waals surface area contributed by atoms with Crippen LogP contribution in [0.1, 0.15) is 29.2 Å². The molecule has 0 heterocycles. The monoisotopic (exact) mass is 261 g/mol. The van der Waals surface area contributed by atoms with Gasteiger partial charge in [-0.2, -0.15) is 0 Å². The molecule has 0 aliphatic heterocycles. The number of nitrogens with two attached hydrogens (primary N) is 1. The first-order chi connectivity index (χ1) is 9.07. The first kappa shape index (κ1) is 15.0. The maximum Gasteiger partial charge on any atom is 0.239 e. The van der Waals surface area contributed by atoms with Gasteiger partial charge in [0, 0.05) is 11.5 Å². The SMILES string of the molecule is Cc1cccc(C(NCCCN=[N+]=[N-])C(N)=O)c1C. The Hall–Kier alpha value is -2.04. The minimum atomic E-state index is -0.508. The van der Waals surface area contributed by atoms with Gasteiger partial charge in [-0.3, -0.25) is 4.79 Å². The lowest BCUT2D eigenvalue weighted by Gasteiger charge is -2.18. The zero-order valence-corrected chi connectivity index (χ0v) is 11.3. The van der Waals surface area contributed by atoms with Crippen LogP contribution in [0, 0.1) is 13.8 Å². The number of carbonyl (C=O) groups excluding carboxylic acids is 1. The van der Waals surface area contributed by atoms with E-state index in [1.165, 1.54) is 0 Å². The average Bonchev–Trinajstić information content (AvgIpc) is 2.37. The second-order valence-electron chi connectivity index (χ2n) is 4.39. The largest absolute Gasteiger partial charge is 0.368 e. The van der Waals surface area contributed by atoms with Gasteiger partial charge in [0.05, 0.1) is 0 Å². The molecule has 102 valence electrons. The third-order valence-corrected chi connectivity index (χ3v) is 3.09. The highest BCUT2D eigenvalue weighted by atomic mass is 16.1. The molecule has 6 nitrogen and oxygen atoms in total. The molecule has 0 spiro atoms. The second-order valence-corrected chi connectivity index (χ2v) is 4.39. The Kier molecular flexibility index (Phi) is 5.85. The highest BCUT2D eigenvalue weighted by Gasteiger charge is 2.19. The van der Waals surface area contributed by atoms with E-state index in [9.17, 15) is 4.79 Å². The molecular formula is C13H19N5O. The van der Waals surface area contributed by atoms with E-state index in [4.69, 9.17) is 11.3 Å². The lowest BCUT2D eigenvalue weighted by atomic mass is 9.97. The molecule has 1 amide bonds. The fraction of sp³-hybridized carbons (Fsp3) is 0.462. The van der Waals surface area contributed by atoms with E-state index < -0.39 is 11.9 Å². The van der Waals surface area contributed by atoms with Gasteiger partial charge in [0.2, 0.25) is 5.91 Å². The molecule has 0 saturated carbocycles. The van der Waals surface area contributed by atoms with E-state index in [1.54, 1.807) is 0 Å². The molecule has 0 aromatic heterocycles. The molecule has 0 aliphatic carbocycles. The van der Waals surface area contributed by atoms with Crippen LogP contribution >= 0.6 is 0 Å². The summed E-state index contributed by atoms with van der Waals surface area (Å²) < 4.78 is 0. The van der Waals surface area contributed by atoms with Crippen molar-refractivity contribution in [1.82, 2.24) is 5.32 Å². The third kappa shape index (κ3) is 4.28.